The lowest BCUT2D eigenvalue weighted by atomic mass is 10.2. The Kier molecular flexibility index (Phi) is 7.16. The SMILES string of the molecule is CC(C)(C)OC(=O)NCCCNC(=O)/C=C/c1ccccc1. The maximum Gasteiger partial charge on any atom is 0.407 e. The van der Waals surface area contributed by atoms with Crippen molar-refractivity contribution in [3.8, 4) is 0 Å². The van der Waals surface area contributed by atoms with E-state index in [9.17, 15) is 9.59 Å². The van der Waals surface area contributed by atoms with Gasteiger partial charge in [-0.25, -0.2) is 4.79 Å². The van der Waals surface area contributed by atoms with Gasteiger partial charge in [-0.15, -0.1) is 0 Å². The molecule has 0 unspecified atom stereocenters. The van der Waals surface area contributed by atoms with Crippen LogP contribution in [0.1, 0.15) is 32.8 Å². The smallest absolute Gasteiger partial charge is 0.407 e. The Morgan fingerprint density at radius 2 is 1.73 bits per heavy atom. The molecular weight excluding hydrogens is 280 g/mol. The van der Waals surface area contributed by atoms with Crippen molar-refractivity contribution in [2.45, 2.75) is 32.8 Å². The molecule has 1 aromatic rings. The molecule has 1 rings (SSSR count). The van der Waals surface area contributed by atoms with Gasteiger partial charge >= 0.3 is 6.09 Å². The number of rotatable bonds is 6. The molecular formula is C17H24N2O3. The van der Waals surface area contributed by atoms with E-state index in [4.69, 9.17) is 4.74 Å². The zero-order valence-corrected chi connectivity index (χ0v) is 13.4. The first-order chi connectivity index (χ1) is 10.4. The summed E-state index contributed by atoms with van der Waals surface area (Å²) >= 11 is 0. The van der Waals surface area contributed by atoms with Crippen LogP contribution in [0.2, 0.25) is 0 Å². The van der Waals surface area contributed by atoms with Crippen molar-refractivity contribution in [3.63, 3.8) is 0 Å². The number of carbonyl (C=O) groups excluding carboxylic acids is 2. The molecule has 0 radical (unpaired) electrons. The van der Waals surface area contributed by atoms with Crippen molar-refractivity contribution in [3.05, 3.63) is 42.0 Å². The number of hydrogen-bond acceptors (Lipinski definition) is 3. The molecule has 5 heteroatoms. The van der Waals surface area contributed by atoms with Crippen molar-refractivity contribution in [1.82, 2.24) is 10.6 Å². The molecule has 0 aliphatic carbocycles. The average Bonchev–Trinajstić information content (AvgIpc) is 2.44. The minimum absolute atomic E-state index is 0.152. The third kappa shape index (κ3) is 8.79. The topological polar surface area (TPSA) is 67.4 Å². The molecule has 1 aromatic carbocycles. The lowest BCUT2D eigenvalue weighted by molar-refractivity contribution is -0.116. The highest BCUT2D eigenvalue weighted by atomic mass is 16.6. The van der Waals surface area contributed by atoms with Crippen molar-refractivity contribution >= 4 is 18.1 Å². The number of ether oxygens (including phenoxy) is 1. The largest absolute Gasteiger partial charge is 0.444 e. The van der Waals surface area contributed by atoms with Crippen LogP contribution in [0.4, 0.5) is 4.79 Å². The minimum atomic E-state index is -0.499. The van der Waals surface area contributed by atoms with Crippen molar-refractivity contribution in [2.75, 3.05) is 13.1 Å². The summed E-state index contributed by atoms with van der Waals surface area (Å²) in [5.41, 5.74) is 0.477. The molecule has 2 N–H and O–H groups in total. The Morgan fingerprint density at radius 3 is 2.36 bits per heavy atom. The van der Waals surface area contributed by atoms with Gasteiger partial charge in [-0.05, 0) is 38.8 Å². The molecule has 0 aliphatic heterocycles. The van der Waals surface area contributed by atoms with Gasteiger partial charge in [-0.1, -0.05) is 30.3 Å². The molecule has 0 atom stereocenters. The van der Waals surface area contributed by atoms with Crippen LogP contribution in [-0.2, 0) is 9.53 Å². The van der Waals surface area contributed by atoms with Crippen molar-refractivity contribution in [2.24, 2.45) is 0 Å². The van der Waals surface area contributed by atoms with Gasteiger partial charge in [0.1, 0.15) is 5.60 Å². The van der Waals surface area contributed by atoms with Gasteiger partial charge in [-0.2, -0.15) is 0 Å². The third-order valence-corrected chi connectivity index (χ3v) is 2.55. The quantitative estimate of drug-likeness (QED) is 0.627. The van der Waals surface area contributed by atoms with Crippen molar-refractivity contribution < 1.29 is 14.3 Å². The van der Waals surface area contributed by atoms with Crippen LogP contribution >= 0.6 is 0 Å². The van der Waals surface area contributed by atoms with Crippen LogP contribution in [0.5, 0.6) is 0 Å². The van der Waals surface area contributed by atoms with Crippen LogP contribution < -0.4 is 10.6 Å². The number of hydrogen-bond donors (Lipinski definition) is 2. The number of nitrogens with one attached hydrogen (secondary N) is 2. The molecule has 2 amide bonds. The number of carbonyl (C=O) groups is 2. The normalized spacial score (nSPS) is 11.2. The van der Waals surface area contributed by atoms with E-state index < -0.39 is 11.7 Å². The Hall–Kier alpha value is -2.30. The Balaban J connectivity index is 2.13. The number of amides is 2. The lowest BCUT2D eigenvalue weighted by Crippen LogP contribution is -2.34. The van der Waals surface area contributed by atoms with Crippen molar-refractivity contribution in [1.29, 1.82) is 0 Å². The Bertz CT molecular complexity index is 504. The summed E-state index contributed by atoms with van der Waals surface area (Å²) in [7, 11) is 0. The fourth-order valence-corrected chi connectivity index (χ4v) is 1.60. The fourth-order valence-electron chi connectivity index (χ4n) is 1.60. The van der Waals surface area contributed by atoms with E-state index in [1.807, 2.05) is 51.1 Å². The van der Waals surface area contributed by atoms with E-state index >= 15 is 0 Å². The lowest BCUT2D eigenvalue weighted by Gasteiger charge is -2.19. The third-order valence-electron chi connectivity index (χ3n) is 2.55. The van der Waals surface area contributed by atoms with Gasteiger partial charge in [0, 0.05) is 19.2 Å². The Morgan fingerprint density at radius 1 is 1.09 bits per heavy atom. The van der Waals surface area contributed by atoms with Gasteiger partial charge in [0.05, 0.1) is 0 Å². The molecule has 0 bridgehead atoms. The first-order valence-corrected chi connectivity index (χ1v) is 7.34. The fraction of sp³-hybridized carbons (Fsp3) is 0.412. The van der Waals surface area contributed by atoms with Crippen LogP contribution in [0.3, 0.4) is 0 Å². The van der Waals surface area contributed by atoms with E-state index in [0.29, 0.717) is 19.5 Å². The average molecular weight is 304 g/mol. The molecule has 0 spiro atoms. The highest BCUT2D eigenvalue weighted by Crippen LogP contribution is 2.06. The zero-order valence-electron chi connectivity index (χ0n) is 13.4. The van der Waals surface area contributed by atoms with E-state index in [2.05, 4.69) is 10.6 Å². The van der Waals surface area contributed by atoms with Gasteiger partial charge in [0.15, 0.2) is 0 Å². The summed E-state index contributed by atoms with van der Waals surface area (Å²) in [4.78, 5) is 23.0. The maximum atomic E-state index is 11.6. The second-order valence-corrected chi connectivity index (χ2v) is 5.82. The monoisotopic (exact) mass is 304 g/mol. The van der Waals surface area contributed by atoms with E-state index in [1.165, 1.54) is 6.08 Å². The summed E-state index contributed by atoms with van der Waals surface area (Å²) in [5, 5.41) is 5.40. The minimum Gasteiger partial charge on any atom is -0.444 e. The molecule has 0 saturated carbocycles. The first-order valence-electron chi connectivity index (χ1n) is 7.34. The summed E-state index contributed by atoms with van der Waals surface area (Å²) in [6, 6.07) is 9.61. The second kappa shape index (κ2) is 8.87. The van der Waals surface area contributed by atoms with E-state index in [-0.39, 0.29) is 5.91 Å². The van der Waals surface area contributed by atoms with Crippen LogP contribution in [-0.4, -0.2) is 30.7 Å². The summed E-state index contributed by atoms with van der Waals surface area (Å²) < 4.78 is 5.10. The molecule has 5 nitrogen and oxygen atoms in total. The summed E-state index contributed by atoms with van der Waals surface area (Å²) in [6.45, 7) is 6.38. The van der Waals surface area contributed by atoms with E-state index in [0.717, 1.165) is 5.56 Å². The molecule has 120 valence electrons. The molecule has 0 aliphatic rings. The predicted octanol–water partition coefficient (Wildman–Crippen LogP) is 2.73. The molecule has 0 aromatic heterocycles. The van der Waals surface area contributed by atoms with Crippen LogP contribution in [0, 0.1) is 0 Å². The van der Waals surface area contributed by atoms with E-state index in [1.54, 1.807) is 6.08 Å². The van der Waals surface area contributed by atoms with Gasteiger partial charge < -0.3 is 15.4 Å². The standard InChI is InChI=1S/C17H24N2O3/c1-17(2,3)22-16(21)19-13-7-12-18-15(20)11-10-14-8-5-4-6-9-14/h4-6,8-11H,7,12-13H2,1-3H3,(H,18,20)(H,19,21)/b11-10+. The summed E-state index contributed by atoms with van der Waals surface area (Å²) in [5.74, 6) is -0.152. The molecule has 22 heavy (non-hydrogen) atoms. The second-order valence-electron chi connectivity index (χ2n) is 5.82. The molecule has 0 heterocycles. The highest BCUT2D eigenvalue weighted by Gasteiger charge is 2.15. The van der Waals surface area contributed by atoms with Gasteiger partial charge in [-0.3, -0.25) is 4.79 Å². The van der Waals surface area contributed by atoms with Crippen LogP contribution in [0.25, 0.3) is 6.08 Å². The van der Waals surface area contributed by atoms with Gasteiger partial charge in [0.2, 0.25) is 5.91 Å². The zero-order chi connectivity index (χ0) is 16.4. The Labute approximate surface area is 131 Å². The van der Waals surface area contributed by atoms with Gasteiger partial charge in [0.25, 0.3) is 0 Å². The molecule has 0 saturated heterocycles. The number of alkyl carbamates (subject to hydrolysis) is 1. The molecule has 0 fully saturated rings. The van der Waals surface area contributed by atoms with Crippen LogP contribution in [0.15, 0.2) is 36.4 Å². The number of benzene rings is 1. The first kappa shape index (κ1) is 17.8. The maximum absolute atomic E-state index is 11.6. The predicted molar refractivity (Wildman–Crippen MR) is 87.3 cm³/mol. The highest BCUT2D eigenvalue weighted by molar-refractivity contribution is 5.91. The summed E-state index contributed by atoms with van der Waals surface area (Å²) in [6.07, 6.45) is 3.46.